The predicted octanol–water partition coefficient (Wildman–Crippen LogP) is 4.60. The van der Waals surface area contributed by atoms with Gasteiger partial charge in [-0.2, -0.15) is 0 Å². The topological polar surface area (TPSA) is 50.7 Å². The van der Waals surface area contributed by atoms with E-state index in [4.69, 9.17) is 9.47 Å². The number of aliphatic hydroxyl groups is 1. The van der Waals surface area contributed by atoms with Crippen molar-refractivity contribution in [3.63, 3.8) is 0 Å². The van der Waals surface area contributed by atoms with Crippen LogP contribution >= 0.6 is 15.9 Å². The number of hydrogen-bond acceptors (Lipinski definition) is 4. The highest BCUT2D eigenvalue weighted by Crippen LogP contribution is 2.37. The molecule has 0 aromatic heterocycles. The van der Waals surface area contributed by atoms with Gasteiger partial charge in [0, 0.05) is 12.6 Å². The number of aliphatic hydroxyl groups excluding tert-OH is 1. The third-order valence-corrected chi connectivity index (χ3v) is 4.73. The van der Waals surface area contributed by atoms with Crippen molar-refractivity contribution in [1.29, 1.82) is 0 Å². The molecule has 1 atom stereocenters. The fourth-order valence-corrected chi connectivity index (χ4v) is 3.29. The molecule has 26 heavy (non-hydrogen) atoms. The van der Waals surface area contributed by atoms with Gasteiger partial charge in [0.1, 0.15) is 6.61 Å². The standard InChI is InChI=1S/C21H28BrNO3/c1-4-18(13-24)23-12-17-10-19(22)21(20(11-17)25-5-2)26-14-16-8-6-7-15(3)9-16/h6-11,18,23-24H,4-5,12-14H2,1-3H3/t18-/m0/s1. The van der Waals surface area contributed by atoms with Gasteiger partial charge in [-0.1, -0.05) is 36.8 Å². The van der Waals surface area contributed by atoms with Gasteiger partial charge in [0.2, 0.25) is 0 Å². The maximum Gasteiger partial charge on any atom is 0.175 e. The van der Waals surface area contributed by atoms with Crippen molar-refractivity contribution < 1.29 is 14.6 Å². The minimum Gasteiger partial charge on any atom is -0.490 e. The Hall–Kier alpha value is -1.56. The maximum absolute atomic E-state index is 9.32. The van der Waals surface area contributed by atoms with Crippen LogP contribution in [0, 0.1) is 6.92 Å². The third kappa shape index (κ3) is 6.01. The molecule has 2 rings (SSSR count). The zero-order chi connectivity index (χ0) is 18.9. The molecule has 142 valence electrons. The van der Waals surface area contributed by atoms with Crippen LogP contribution in [0.5, 0.6) is 11.5 Å². The third-order valence-electron chi connectivity index (χ3n) is 4.14. The number of aryl methyl sites for hydroxylation is 1. The van der Waals surface area contributed by atoms with Crippen LogP contribution in [0.15, 0.2) is 40.9 Å². The lowest BCUT2D eigenvalue weighted by Crippen LogP contribution is -2.31. The van der Waals surface area contributed by atoms with Crippen LogP contribution in [0.3, 0.4) is 0 Å². The highest BCUT2D eigenvalue weighted by atomic mass is 79.9. The molecule has 4 nitrogen and oxygen atoms in total. The minimum absolute atomic E-state index is 0.0987. The van der Waals surface area contributed by atoms with Gasteiger partial charge < -0.3 is 19.9 Å². The summed E-state index contributed by atoms with van der Waals surface area (Å²) < 4.78 is 12.7. The lowest BCUT2D eigenvalue weighted by atomic mass is 10.1. The van der Waals surface area contributed by atoms with E-state index in [1.54, 1.807) is 0 Å². The maximum atomic E-state index is 9.32. The largest absolute Gasteiger partial charge is 0.490 e. The van der Waals surface area contributed by atoms with E-state index in [0.29, 0.717) is 25.5 Å². The van der Waals surface area contributed by atoms with Crippen molar-refractivity contribution in [3.8, 4) is 11.5 Å². The smallest absolute Gasteiger partial charge is 0.175 e. The van der Waals surface area contributed by atoms with Crippen molar-refractivity contribution in [2.45, 2.75) is 46.4 Å². The number of halogens is 1. The minimum atomic E-state index is 0.0987. The Labute approximate surface area is 164 Å². The highest BCUT2D eigenvalue weighted by molar-refractivity contribution is 9.10. The first-order chi connectivity index (χ1) is 12.6. The summed E-state index contributed by atoms with van der Waals surface area (Å²) in [4.78, 5) is 0. The molecule has 0 saturated carbocycles. The van der Waals surface area contributed by atoms with Gasteiger partial charge >= 0.3 is 0 Å². The first-order valence-electron chi connectivity index (χ1n) is 9.05. The molecule has 2 N–H and O–H groups in total. The van der Waals surface area contributed by atoms with Gasteiger partial charge in [-0.05, 0) is 59.5 Å². The molecule has 0 spiro atoms. The van der Waals surface area contributed by atoms with E-state index in [2.05, 4.69) is 53.3 Å². The second-order valence-corrected chi connectivity index (χ2v) is 7.14. The van der Waals surface area contributed by atoms with Gasteiger partial charge in [0.05, 0.1) is 17.7 Å². The second-order valence-electron chi connectivity index (χ2n) is 6.28. The van der Waals surface area contributed by atoms with Crippen molar-refractivity contribution in [2.75, 3.05) is 13.2 Å². The summed E-state index contributed by atoms with van der Waals surface area (Å²) in [7, 11) is 0. The summed E-state index contributed by atoms with van der Waals surface area (Å²) in [5.74, 6) is 1.44. The number of rotatable bonds is 10. The van der Waals surface area contributed by atoms with Crippen molar-refractivity contribution in [1.82, 2.24) is 5.32 Å². The number of nitrogens with one attached hydrogen (secondary N) is 1. The highest BCUT2D eigenvalue weighted by Gasteiger charge is 2.13. The Kier molecular flexibility index (Phi) is 8.42. The van der Waals surface area contributed by atoms with Crippen LogP contribution in [-0.2, 0) is 13.2 Å². The molecular weight excluding hydrogens is 394 g/mol. The van der Waals surface area contributed by atoms with E-state index < -0.39 is 0 Å². The molecule has 5 heteroatoms. The number of ether oxygens (including phenoxy) is 2. The first-order valence-corrected chi connectivity index (χ1v) is 9.84. The quantitative estimate of drug-likeness (QED) is 0.588. The summed E-state index contributed by atoms with van der Waals surface area (Å²) in [6, 6.07) is 12.4. The average Bonchev–Trinajstić information content (AvgIpc) is 2.62. The number of hydrogen-bond donors (Lipinski definition) is 2. The summed E-state index contributed by atoms with van der Waals surface area (Å²) >= 11 is 3.62. The fraction of sp³-hybridized carbons (Fsp3) is 0.429. The second kappa shape index (κ2) is 10.6. The van der Waals surface area contributed by atoms with Gasteiger partial charge in [-0.3, -0.25) is 0 Å². The van der Waals surface area contributed by atoms with Gasteiger partial charge in [0.15, 0.2) is 11.5 Å². The fourth-order valence-electron chi connectivity index (χ4n) is 2.68. The van der Waals surface area contributed by atoms with E-state index in [0.717, 1.165) is 27.8 Å². The molecule has 0 heterocycles. The van der Waals surface area contributed by atoms with E-state index in [1.807, 2.05) is 25.1 Å². The van der Waals surface area contributed by atoms with E-state index in [-0.39, 0.29) is 12.6 Å². The lowest BCUT2D eigenvalue weighted by Gasteiger charge is -2.18. The molecule has 0 bridgehead atoms. The SMILES string of the molecule is CCOc1cc(CN[C@@H](CC)CO)cc(Br)c1OCc1cccc(C)c1. The predicted molar refractivity (Wildman–Crippen MR) is 109 cm³/mol. The summed E-state index contributed by atoms with van der Waals surface area (Å²) in [5.41, 5.74) is 3.42. The van der Waals surface area contributed by atoms with Crippen LogP contribution in [0.1, 0.15) is 37.0 Å². The molecule has 0 aliphatic rings. The Morgan fingerprint density at radius 3 is 2.58 bits per heavy atom. The van der Waals surface area contributed by atoms with E-state index in [9.17, 15) is 5.11 Å². The van der Waals surface area contributed by atoms with Crippen molar-refractivity contribution in [2.24, 2.45) is 0 Å². The van der Waals surface area contributed by atoms with Crippen molar-refractivity contribution >= 4 is 15.9 Å². The van der Waals surface area contributed by atoms with E-state index in [1.165, 1.54) is 5.56 Å². The zero-order valence-electron chi connectivity index (χ0n) is 15.7. The molecule has 2 aromatic rings. The molecule has 2 aromatic carbocycles. The lowest BCUT2D eigenvalue weighted by molar-refractivity contribution is 0.238. The Morgan fingerprint density at radius 2 is 1.92 bits per heavy atom. The van der Waals surface area contributed by atoms with Crippen LogP contribution in [0.25, 0.3) is 0 Å². The molecular formula is C21H28BrNO3. The Balaban J connectivity index is 2.14. The summed E-state index contributed by atoms with van der Waals surface area (Å²) in [6.07, 6.45) is 0.883. The molecule has 0 radical (unpaired) electrons. The monoisotopic (exact) mass is 421 g/mol. The first kappa shape index (κ1) is 20.7. The number of benzene rings is 2. The molecule has 0 aliphatic carbocycles. The van der Waals surface area contributed by atoms with Crippen LogP contribution < -0.4 is 14.8 Å². The Bertz CT molecular complexity index is 702. The average molecular weight is 422 g/mol. The zero-order valence-corrected chi connectivity index (χ0v) is 17.3. The molecule has 0 fully saturated rings. The Morgan fingerprint density at radius 1 is 1.12 bits per heavy atom. The molecule has 0 amide bonds. The van der Waals surface area contributed by atoms with Gasteiger partial charge in [0.25, 0.3) is 0 Å². The normalized spacial score (nSPS) is 12.0. The van der Waals surface area contributed by atoms with E-state index >= 15 is 0 Å². The van der Waals surface area contributed by atoms with Crippen LogP contribution in [-0.4, -0.2) is 24.4 Å². The summed E-state index contributed by atoms with van der Waals surface area (Å²) in [5, 5.41) is 12.7. The molecule has 0 saturated heterocycles. The molecule has 0 aliphatic heterocycles. The van der Waals surface area contributed by atoms with Crippen LogP contribution in [0.4, 0.5) is 0 Å². The van der Waals surface area contributed by atoms with Gasteiger partial charge in [-0.15, -0.1) is 0 Å². The van der Waals surface area contributed by atoms with Gasteiger partial charge in [-0.25, -0.2) is 0 Å². The van der Waals surface area contributed by atoms with Crippen molar-refractivity contribution in [3.05, 3.63) is 57.6 Å². The van der Waals surface area contributed by atoms with Crippen LogP contribution in [0.2, 0.25) is 0 Å². The molecule has 0 unspecified atom stereocenters. The summed E-state index contributed by atoms with van der Waals surface area (Å²) in [6.45, 7) is 7.94.